The topological polar surface area (TPSA) is 96.0 Å². The van der Waals surface area contributed by atoms with Crippen LogP contribution in [0.3, 0.4) is 0 Å². The van der Waals surface area contributed by atoms with Gasteiger partial charge in [-0.05, 0) is 46.4 Å². The molecule has 3 aromatic rings. The van der Waals surface area contributed by atoms with Crippen LogP contribution in [-0.4, -0.2) is 58.1 Å². The lowest BCUT2D eigenvalue weighted by Gasteiger charge is -2.33. The van der Waals surface area contributed by atoms with Crippen molar-refractivity contribution in [1.29, 1.82) is 0 Å². The molecule has 0 spiro atoms. The summed E-state index contributed by atoms with van der Waals surface area (Å²) >= 11 is 0. The van der Waals surface area contributed by atoms with Gasteiger partial charge >= 0.3 is 0 Å². The first-order chi connectivity index (χ1) is 18.8. The minimum Gasteiger partial charge on any atom is -0.497 e. The highest BCUT2D eigenvalue weighted by Crippen LogP contribution is 2.26. The van der Waals surface area contributed by atoms with Crippen molar-refractivity contribution in [3.8, 4) is 5.75 Å². The number of benzene rings is 3. The Kier molecular flexibility index (Phi) is 9.98. The lowest BCUT2D eigenvalue weighted by Crippen LogP contribution is -2.52. The van der Waals surface area contributed by atoms with Gasteiger partial charge in [0.15, 0.2) is 0 Å². The number of anilines is 1. The van der Waals surface area contributed by atoms with E-state index in [1.165, 1.54) is 11.9 Å². The number of nitrogens with one attached hydrogen (secondary N) is 1. The maximum Gasteiger partial charge on any atom is 0.244 e. The van der Waals surface area contributed by atoms with Crippen LogP contribution in [0.2, 0.25) is 0 Å². The van der Waals surface area contributed by atoms with Crippen LogP contribution in [0.4, 0.5) is 5.69 Å². The minimum absolute atomic E-state index is 0.0848. The molecule has 0 radical (unpaired) electrons. The van der Waals surface area contributed by atoms with Gasteiger partial charge in [-0.3, -0.25) is 13.9 Å². The van der Waals surface area contributed by atoms with Crippen LogP contribution in [0, 0.1) is 0 Å². The van der Waals surface area contributed by atoms with Crippen molar-refractivity contribution in [2.75, 3.05) is 31.3 Å². The van der Waals surface area contributed by atoms with Gasteiger partial charge in [0.2, 0.25) is 21.8 Å². The van der Waals surface area contributed by atoms with Gasteiger partial charge in [-0.15, -0.1) is 0 Å². The monoisotopic (exact) mass is 565 g/mol. The van der Waals surface area contributed by atoms with E-state index in [1.54, 1.807) is 31.4 Å². The van der Waals surface area contributed by atoms with Crippen LogP contribution in [-0.2, 0) is 38.0 Å². The van der Waals surface area contributed by atoms with Crippen molar-refractivity contribution in [3.05, 3.63) is 95.6 Å². The van der Waals surface area contributed by atoms with E-state index in [1.807, 2.05) is 54.6 Å². The molecule has 0 saturated carbocycles. The van der Waals surface area contributed by atoms with E-state index >= 15 is 0 Å². The van der Waals surface area contributed by atoms with Crippen LogP contribution in [0.25, 0.3) is 0 Å². The highest BCUT2D eigenvalue weighted by Gasteiger charge is 2.32. The molecule has 0 aliphatic rings. The molecule has 8 nitrogen and oxygen atoms in total. The summed E-state index contributed by atoms with van der Waals surface area (Å²) in [6.45, 7) is 5.84. The van der Waals surface area contributed by atoms with E-state index in [2.05, 4.69) is 26.1 Å². The molecule has 214 valence electrons. The van der Waals surface area contributed by atoms with Crippen molar-refractivity contribution < 1.29 is 22.7 Å². The Morgan fingerprint density at radius 1 is 0.925 bits per heavy atom. The largest absolute Gasteiger partial charge is 0.497 e. The maximum atomic E-state index is 14.0. The Hall–Kier alpha value is -3.85. The number of carbonyl (C=O) groups is 2. The third-order valence-electron chi connectivity index (χ3n) is 6.71. The van der Waals surface area contributed by atoms with Crippen molar-refractivity contribution in [2.45, 2.75) is 45.2 Å². The van der Waals surface area contributed by atoms with Crippen LogP contribution in [0.15, 0.2) is 78.9 Å². The summed E-state index contributed by atoms with van der Waals surface area (Å²) in [5.41, 5.74) is 2.92. The number of ether oxygens (including phenoxy) is 1. The first-order valence-electron chi connectivity index (χ1n) is 13.1. The second kappa shape index (κ2) is 13.0. The zero-order valence-electron chi connectivity index (χ0n) is 24.0. The number of likely N-dealkylation sites (N-methyl/N-ethyl adjacent to an activating group) is 1. The fourth-order valence-electron chi connectivity index (χ4n) is 4.43. The van der Waals surface area contributed by atoms with E-state index in [0.29, 0.717) is 11.4 Å². The molecule has 1 atom stereocenters. The number of sulfonamides is 1. The summed E-state index contributed by atoms with van der Waals surface area (Å²) in [7, 11) is -0.746. The zero-order chi connectivity index (χ0) is 29.5. The summed E-state index contributed by atoms with van der Waals surface area (Å²) in [5, 5.41) is 2.68. The highest BCUT2D eigenvalue weighted by molar-refractivity contribution is 7.92. The van der Waals surface area contributed by atoms with Crippen LogP contribution in [0.1, 0.15) is 37.5 Å². The second-order valence-electron chi connectivity index (χ2n) is 10.8. The molecule has 2 amide bonds. The van der Waals surface area contributed by atoms with Gasteiger partial charge in [-0.25, -0.2) is 8.42 Å². The fraction of sp³-hybridized carbons (Fsp3) is 0.355. The Morgan fingerprint density at radius 2 is 1.55 bits per heavy atom. The third kappa shape index (κ3) is 8.08. The Bertz CT molecular complexity index is 1400. The van der Waals surface area contributed by atoms with Crippen molar-refractivity contribution in [2.24, 2.45) is 0 Å². The average Bonchev–Trinajstić information content (AvgIpc) is 2.92. The van der Waals surface area contributed by atoms with E-state index in [-0.39, 0.29) is 24.3 Å². The first kappa shape index (κ1) is 30.7. The molecular formula is C31H39N3O5S. The molecule has 0 bridgehead atoms. The van der Waals surface area contributed by atoms with Crippen LogP contribution < -0.4 is 14.4 Å². The van der Waals surface area contributed by atoms with Crippen molar-refractivity contribution in [1.82, 2.24) is 10.2 Å². The molecule has 9 heteroatoms. The standard InChI is InChI=1S/C31H39N3O5S/c1-31(2,3)25-15-17-26(18-16-25)34(40(6,37)38)22-29(35)33(21-24-13-10-14-27(19-24)39-5)28(30(36)32-4)20-23-11-8-7-9-12-23/h7-19,28H,20-22H2,1-6H3,(H,32,36)/t28-/m1/s1. The van der Waals surface area contributed by atoms with E-state index in [4.69, 9.17) is 4.74 Å². The van der Waals surface area contributed by atoms with Gasteiger partial charge in [-0.1, -0.05) is 75.4 Å². The Balaban J connectivity index is 2.03. The number of nitrogens with zero attached hydrogens (tertiary/aromatic N) is 2. The number of methoxy groups -OCH3 is 1. The molecule has 0 aliphatic carbocycles. The Morgan fingerprint density at radius 3 is 2.10 bits per heavy atom. The van der Waals surface area contributed by atoms with Gasteiger partial charge in [0, 0.05) is 20.0 Å². The molecule has 0 aromatic heterocycles. The number of hydrogen-bond acceptors (Lipinski definition) is 5. The molecule has 0 saturated heterocycles. The smallest absolute Gasteiger partial charge is 0.244 e. The van der Waals surface area contributed by atoms with Crippen LogP contribution >= 0.6 is 0 Å². The molecular weight excluding hydrogens is 526 g/mol. The molecule has 0 unspecified atom stereocenters. The molecule has 0 fully saturated rings. The number of hydrogen-bond donors (Lipinski definition) is 1. The van der Waals surface area contributed by atoms with E-state index in [0.717, 1.165) is 27.3 Å². The SMILES string of the molecule is CNC(=O)[C@@H](Cc1ccccc1)N(Cc1cccc(OC)c1)C(=O)CN(c1ccc(C(C)(C)C)cc1)S(C)(=O)=O. The summed E-state index contributed by atoms with van der Waals surface area (Å²) < 4.78 is 32.3. The molecule has 3 aromatic carbocycles. The molecule has 3 rings (SSSR count). The molecule has 1 N–H and O–H groups in total. The molecule has 0 aliphatic heterocycles. The van der Waals surface area contributed by atoms with Crippen LogP contribution in [0.5, 0.6) is 5.75 Å². The van der Waals surface area contributed by atoms with Gasteiger partial charge in [0.1, 0.15) is 18.3 Å². The number of amides is 2. The quantitative estimate of drug-likeness (QED) is 0.377. The fourth-order valence-corrected chi connectivity index (χ4v) is 5.28. The maximum absolute atomic E-state index is 14.0. The Labute approximate surface area is 238 Å². The third-order valence-corrected chi connectivity index (χ3v) is 7.85. The first-order valence-corrected chi connectivity index (χ1v) is 14.9. The second-order valence-corrected chi connectivity index (χ2v) is 12.7. The average molecular weight is 566 g/mol. The molecule has 0 heterocycles. The predicted octanol–water partition coefficient (Wildman–Crippen LogP) is 4.14. The van der Waals surface area contributed by atoms with Gasteiger partial charge in [0.05, 0.1) is 19.1 Å². The lowest BCUT2D eigenvalue weighted by atomic mass is 9.87. The number of rotatable bonds is 11. The van der Waals surface area contributed by atoms with Gasteiger partial charge in [-0.2, -0.15) is 0 Å². The molecule has 40 heavy (non-hydrogen) atoms. The normalized spacial score (nSPS) is 12.3. The van der Waals surface area contributed by atoms with Crippen molar-refractivity contribution >= 4 is 27.5 Å². The summed E-state index contributed by atoms with van der Waals surface area (Å²) in [6.07, 6.45) is 1.33. The van der Waals surface area contributed by atoms with Gasteiger partial charge in [0.25, 0.3) is 0 Å². The summed E-state index contributed by atoms with van der Waals surface area (Å²) in [6, 6.07) is 22.9. The summed E-state index contributed by atoms with van der Waals surface area (Å²) in [4.78, 5) is 28.7. The number of carbonyl (C=O) groups excluding carboxylic acids is 2. The van der Waals surface area contributed by atoms with E-state index in [9.17, 15) is 18.0 Å². The highest BCUT2D eigenvalue weighted by atomic mass is 32.2. The van der Waals surface area contributed by atoms with Crippen molar-refractivity contribution in [3.63, 3.8) is 0 Å². The van der Waals surface area contributed by atoms with E-state index < -0.39 is 28.5 Å². The summed E-state index contributed by atoms with van der Waals surface area (Å²) in [5.74, 6) is -0.237. The predicted molar refractivity (Wildman–Crippen MR) is 159 cm³/mol. The van der Waals surface area contributed by atoms with Gasteiger partial charge < -0.3 is 15.0 Å². The minimum atomic E-state index is -3.82. The lowest BCUT2D eigenvalue weighted by molar-refractivity contribution is -0.139. The zero-order valence-corrected chi connectivity index (χ0v) is 24.9.